The standard InChI is InChI=1S/C11H15.2CH3O.Ti/c1-9-6-5-7-10(8-9)11(2,3)4;2*1-2;/h5-6,8H,1-4H3;2*1H3;/q3*-1;+3. The van der Waals surface area contributed by atoms with Crippen LogP contribution in [0.5, 0.6) is 0 Å². The van der Waals surface area contributed by atoms with Crippen LogP contribution in [0.15, 0.2) is 18.2 Å². The van der Waals surface area contributed by atoms with Crippen molar-refractivity contribution in [2.45, 2.75) is 33.1 Å². The molecule has 0 fully saturated rings. The zero-order valence-electron chi connectivity index (χ0n) is 11.0. The third-order valence-electron chi connectivity index (χ3n) is 1.77. The summed E-state index contributed by atoms with van der Waals surface area (Å²) in [5, 5.41) is 16.5. The molecule has 0 amide bonds. The van der Waals surface area contributed by atoms with Crippen molar-refractivity contribution in [1.82, 2.24) is 0 Å². The van der Waals surface area contributed by atoms with Gasteiger partial charge in [0, 0.05) is 0 Å². The monoisotopic (exact) mass is 257 g/mol. The van der Waals surface area contributed by atoms with Crippen LogP contribution in [-0.4, -0.2) is 14.2 Å². The van der Waals surface area contributed by atoms with Crippen LogP contribution in [0.1, 0.15) is 31.9 Å². The summed E-state index contributed by atoms with van der Waals surface area (Å²) >= 11 is 0. The molecule has 89 valence electrons. The first-order valence-electron chi connectivity index (χ1n) is 4.80. The van der Waals surface area contributed by atoms with Gasteiger partial charge in [-0.2, -0.15) is 49.6 Å². The molecule has 3 heteroatoms. The first-order chi connectivity index (χ1) is 7.00. The minimum absolute atomic E-state index is 0. The predicted molar refractivity (Wildman–Crippen MR) is 60.6 cm³/mol. The Kier molecular flexibility index (Phi) is 15.0. The Morgan fingerprint density at radius 1 is 1.06 bits per heavy atom. The van der Waals surface area contributed by atoms with E-state index in [2.05, 4.69) is 45.9 Å². The van der Waals surface area contributed by atoms with Gasteiger partial charge in [-0.25, -0.2) is 0 Å². The average Bonchev–Trinajstić information content (AvgIpc) is 2.23. The molecule has 0 aliphatic carbocycles. The molecular formula is C13H21O2Ti. The zero-order valence-corrected chi connectivity index (χ0v) is 12.6. The van der Waals surface area contributed by atoms with Crippen LogP contribution < -0.4 is 10.2 Å². The second-order valence-electron chi connectivity index (χ2n) is 4.03. The molecule has 0 saturated heterocycles. The molecule has 0 saturated carbocycles. The van der Waals surface area contributed by atoms with Crippen molar-refractivity contribution in [3.8, 4) is 0 Å². The molecule has 0 bridgehead atoms. The molecule has 0 heterocycles. The van der Waals surface area contributed by atoms with Crippen molar-refractivity contribution >= 4 is 0 Å². The molecule has 1 rings (SSSR count). The Hall–Kier alpha value is -0.146. The van der Waals surface area contributed by atoms with E-state index in [0.29, 0.717) is 0 Å². The summed E-state index contributed by atoms with van der Waals surface area (Å²) in [6.07, 6.45) is 0. The molecule has 2 nitrogen and oxygen atoms in total. The van der Waals surface area contributed by atoms with Crippen LogP contribution >= 0.6 is 0 Å². The number of rotatable bonds is 0. The number of aryl methyl sites for hydroxylation is 1. The van der Waals surface area contributed by atoms with Gasteiger partial charge in [-0.15, -0.1) is 0 Å². The molecule has 0 unspecified atom stereocenters. The Bertz CT molecular complexity index is 254. The summed E-state index contributed by atoms with van der Waals surface area (Å²) in [7, 11) is 1.50. The Morgan fingerprint density at radius 3 is 1.75 bits per heavy atom. The summed E-state index contributed by atoms with van der Waals surface area (Å²) in [5.74, 6) is 0. The number of hydrogen-bond donors (Lipinski definition) is 0. The van der Waals surface area contributed by atoms with E-state index < -0.39 is 0 Å². The van der Waals surface area contributed by atoms with Crippen LogP contribution in [0, 0.1) is 13.0 Å². The van der Waals surface area contributed by atoms with Crippen molar-refractivity contribution in [3.05, 3.63) is 35.4 Å². The third-order valence-corrected chi connectivity index (χ3v) is 1.77. The van der Waals surface area contributed by atoms with Crippen molar-refractivity contribution < 1.29 is 31.9 Å². The Labute approximate surface area is 115 Å². The summed E-state index contributed by atoms with van der Waals surface area (Å²) in [5.41, 5.74) is 2.83. The fraction of sp³-hybridized carbons (Fsp3) is 0.538. The molecule has 0 atom stereocenters. The van der Waals surface area contributed by atoms with E-state index in [4.69, 9.17) is 10.2 Å². The average molecular weight is 257 g/mol. The van der Waals surface area contributed by atoms with Gasteiger partial charge in [-0.05, 0) is 5.41 Å². The molecule has 0 aliphatic heterocycles. The fourth-order valence-electron chi connectivity index (χ4n) is 1.01. The molecule has 0 aromatic heterocycles. The van der Waals surface area contributed by atoms with Gasteiger partial charge in [0.05, 0.1) is 0 Å². The van der Waals surface area contributed by atoms with Crippen molar-refractivity contribution in [2.24, 2.45) is 0 Å². The van der Waals surface area contributed by atoms with E-state index in [0.717, 1.165) is 14.2 Å². The summed E-state index contributed by atoms with van der Waals surface area (Å²) < 4.78 is 0. The van der Waals surface area contributed by atoms with Crippen LogP contribution in [0.2, 0.25) is 0 Å². The van der Waals surface area contributed by atoms with Gasteiger partial charge in [0.15, 0.2) is 0 Å². The maximum Gasteiger partial charge on any atom is 3.00 e. The normalized spacial score (nSPS) is 8.75. The van der Waals surface area contributed by atoms with Gasteiger partial charge in [0.25, 0.3) is 0 Å². The van der Waals surface area contributed by atoms with Gasteiger partial charge in [-0.3, -0.25) is 0 Å². The van der Waals surface area contributed by atoms with E-state index in [9.17, 15) is 0 Å². The minimum Gasteiger partial charge on any atom is -0.857 e. The van der Waals surface area contributed by atoms with Crippen LogP contribution in [0.4, 0.5) is 0 Å². The van der Waals surface area contributed by atoms with Gasteiger partial charge in [-0.1, -0.05) is 27.7 Å². The minimum atomic E-state index is 0. The van der Waals surface area contributed by atoms with Crippen LogP contribution in [0.25, 0.3) is 0 Å². The first kappa shape index (κ1) is 21.2. The summed E-state index contributed by atoms with van der Waals surface area (Å²) in [6, 6.07) is 9.52. The first-order valence-corrected chi connectivity index (χ1v) is 4.80. The molecular weight excluding hydrogens is 236 g/mol. The predicted octanol–water partition coefficient (Wildman–Crippen LogP) is 1.04. The quantitative estimate of drug-likeness (QED) is 0.515. The second-order valence-corrected chi connectivity index (χ2v) is 4.03. The smallest absolute Gasteiger partial charge is 0.857 e. The topological polar surface area (TPSA) is 46.1 Å². The van der Waals surface area contributed by atoms with E-state index in [-0.39, 0.29) is 27.1 Å². The Balaban J connectivity index is -0.000000305. The fourth-order valence-corrected chi connectivity index (χ4v) is 1.01. The summed E-state index contributed by atoms with van der Waals surface area (Å²) in [6.45, 7) is 8.73. The largest absolute Gasteiger partial charge is 3.00 e. The third kappa shape index (κ3) is 9.11. The Morgan fingerprint density at radius 2 is 1.50 bits per heavy atom. The zero-order chi connectivity index (χ0) is 12.5. The molecule has 1 radical (unpaired) electrons. The van der Waals surface area contributed by atoms with Gasteiger partial charge in [0.2, 0.25) is 0 Å². The molecule has 1 aromatic carbocycles. The van der Waals surface area contributed by atoms with Gasteiger partial charge < -0.3 is 10.2 Å². The van der Waals surface area contributed by atoms with E-state index in [1.165, 1.54) is 11.1 Å². The molecule has 0 N–H and O–H groups in total. The van der Waals surface area contributed by atoms with Crippen molar-refractivity contribution in [3.63, 3.8) is 0 Å². The van der Waals surface area contributed by atoms with Gasteiger partial charge in [0.1, 0.15) is 0 Å². The van der Waals surface area contributed by atoms with Crippen molar-refractivity contribution in [1.29, 1.82) is 0 Å². The number of benzene rings is 1. The van der Waals surface area contributed by atoms with E-state index in [1.807, 2.05) is 6.07 Å². The summed E-state index contributed by atoms with van der Waals surface area (Å²) in [4.78, 5) is 0. The maximum absolute atomic E-state index is 8.25. The number of hydrogen-bond acceptors (Lipinski definition) is 2. The van der Waals surface area contributed by atoms with Crippen molar-refractivity contribution in [2.75, 3.05) is 14.2 Å². The van der Waals surface area contributed by atoms with Gasteiger partial charge >= 0.3 is 21.7 Å². The van der Waals surface area contributed by atoms with Crippen LogP contribution in [-0.2, 0) is 27.1 Å². The molecule has 0 spiro atoms. The molecule has 16 heavy (non-hydrogen) atoms. The van der Waals surface area contributed by atoms with E-state index in [1.54, 1.807) is 0 Å². The molecule has 0 aliphatic rings. The van der Waals surface area contributed by atoms with Crippen LogP contribution in [0.3, 0.4) is 0 Å². The second kappa shape index (κ2) is 11.3. The SMILES string of the molecule is C[O-].C[O-].Cc1cc[c-]c(C(C)(C)C)c1.[Ti+3]. The maximum atomic E-state index is 8.25. The van der Waals surface area contributed by atoms with E-state index >= 15 is 0 Å². The molecule has 1 aromatic rings.